The lowest BCUT2D eigenvalue weighted by molar-refractivity contribution is -0.00540. The van der Waals surface area contributed by atoms with Crippen molar-refractivity contribution >= 4 is 19.4 Å². The summed E-state index contributed by atoms with van der Waals surface area (Å²) in [7, 11) is -2.48. The molecule has 1 atom stereocenters. The maximum Gasteiger partial charge on any atom is 0.295 e. The van der Waals surface area contributed by atoms with E-state index >= 15 is 0 Å². The Labute approximate surface area is 123 Å². The zero-order valence-electron chi connectivity index (χ0n) is 11.3. The van der Waals surface area contributed by atoms with E-state index in [2.05, 4.69) is 10.1 Å². The highest BCUT2D eigenvalue weighted by Gasteiger charge is 2.08. The second-order valence-corrected chi connectivity index (χ2v) is 5.72. The van der Waals surface area contributed by atoms with Gasteiger partial charge in [-0.15, -0.1) is 0 Å². The van der Waals surface area contributed by atoms with E-state index < -0.39 is 8.03 Å². The molecule has 0 heterocycles. The Bertz CT molecular complexity index is 649. The predicted octanol–water partition coefficient (Wildman–Crippen LogP) is 2.46. The number of anilines is 1. The zero-order valence-corrected chi connectivity index (χ0v) is 12.3. The van der Waals surface area contributed by atoms with Crippen LogP contribution >= 0.6 is 8.03 Å². The second-order valence-electron chi connectivity index (χ2n) is 4.43. The molecule has 21 heavy (non-hydrogen) atoms. The first-order chi connectivity index (χ1) is 10.2. The molecule has 0 radical (unpaired) electrons. The van der Waals surface area contributed by atoms with E-state index in [1.165, 1.54) is 0 Å². The summed E-state index contributed by atoms with van der Waals surface area (Å²) in [6.07, 6.45) is 6.20. The summed E-state index contributed by atoms with van der Waals surface area (Å²) >= 11 is 0. The average molecular weight is 305 g/mol. The van der Waals surface area contributed by atoms with E-state index in [0.717, 1.165) is 11.4 Å². The Balaban J connectivity index is 1.95. The lowest BCUT2D eigenvalue weighted by atomic mass is 10.1. The molecule has 0 aliphatic heterocycles. The van der Waals surface area contributed by atoms with Crippen LogP contribution in [0.3, 0.4) is 0 Å². The van der Waals surface area contributed by atoms with Crippen LogP contribution in [-0.2, 0) is 4.57 Å². The topological polar surface area (TPSA) is 95.0 Å². The molecule has 7 heteroatoms. The third kappa shape index (κ3) is 5.04. The lowest BCUT2D eigenvalue weighted by Gasteiger charge is -2.11. The van der Waals surface area contributed by atoms with Crippen molar-refractivity contribution in [3.05, 3.63) is 53.7 Å². The van der Waals surface area contributed by atoms with E-state index in [1.807, 2.05) is 30.4 Å². The molecular weight excluding hydrogens is 289 g/mol. The van der Waals surface area contributed by atoms with Gasteiger partial charge in [-0.2, -0.15) is 4.79 Å². The smallest absolute Gasteiger partial charge is 0.295 e. The summed E-state index contributed by atoms with van der Waals surface area (Å²) in [5, 5.41) is 3.22. The molecular formula is C14H16N3O3P. The summed E-state index contributed by atoms with van der Waals surface area (Å²) < 4.78 is 16.0. The highest BCUT2D eigenvalue weighted by Crippen LogP contribution is 2.21. The van der Waals surface area contributed by atoms with Gasteiger partial charge < -0.3 is 20.5 Å². The third-order valence-corrected chi connectivity index (χ3v) is 3.45. The van der Waals surface area contributed by atoms with Gasteiger partial charge >= 0.3 is 0 Å². The summed E-state index contributed by atoms with van der Waals surface area (Å²) in [6, 6.07) is 7.35. The minimum atomic E-state index is -2.48. The molecule has 0 amide bonds. The van der Waals surface area contributed by atoms with Crippen LogP contribution < -0.4 is 10.1 Å². The molecule has 0 spiro atoms. The van der Waals surface area contributed by atoms with Crippen molar-refractivity contribution in [2.45, 2.75) is 6.42 Å². The molecule has 1 aromatic carbocycles. The normalized spacial score (nSPS) is 15.1. The largest absolute Gasteiger partial charge is 0.493 e. The average Bonchev–Trinajstić information content (AvgIpc) is 2.48. The molecule has 2 N–H and O–H groups in total. The van der Waals surface area contributed by atoms with Crippen LogP contribution in [0.2, 0.25) is 0 Å². The van der Waals surface area contributed by atoms with Gasteiger partial charge in [0.1, 0.15) is 5.75 Å². The summed E-state index contributed by atoms with van der Waals surface area (Å²) in [6.45, 7) is 0.219. The molecule has 0 bridgehead atoms. The van der Waals surface area contributed by atoms with Crippen molar-refractivity contribution in [3.63, 3.8) is 0 Å². The standard InChI is InChI=1S/C14H16N3O3P/c15-17-12-6-4-11(5-7-12)16-13-2-1-3-14(10-13)20-8-9-21(18)19/h1-6,10,16,21H,7-9H2,(H,18,19). The van der Waals surface area contributed by atoms with Gasteiger partial charge in [0.2, 0.25) is 0 Å². The number of nitrogens with zero attached hydrogens (tertiary/aromatic N) is 2. The molecule has 1 aliphatic carbocycles. The first kappa shape index (κ1) is 15.3. The molecule has 0 saturated heterocycles. The fourth-order valence-electron chi connectivity index (χ4n) is 1.79. The molecule has 0 fully saturated rings. The molecule has 2 rings (SSSR count). The molecule has 6 nitrogen and oxygen atoms in total. The Morgan fingerprint density at radius 1 is 1.43 bits per heavy atom. The molecule has 1 aromatic rings. The Hall–Kier alpha value is -2.13. The van der Waals surface area contributed by atoms with E-state index in [4.69, 9.17) is 15.2 Å². The van der Waals surface area contributed by atoms with Crippen LogP contribution in [0.5, 0.6) is 5.75 Å². The van der Waals surface area contributed by atoms with Gasteiger partial charge in [0.25, 0.3) is 5.71 Å². The van der Waals surface area contributed by atoms with E-state index in [-0.39, 0.29) is 12.8 Å². The van der Waals surface area contributed by atoms with Gasteiger partial charge in [-0.25, -0.2) is 0 Å². The Morgan fingerprint density at radius 2 is 2.29 bits per heavy atom. The number of allylic oxidation sites excluding steroid dienone is 3. The number of benzene rings is 1. The molecule has 1 unspecified atom stereocenters. The van der Waals surface area contributed by atoms with Crippen LogP contribution in [-0.4, -0.2) is 28.2 Å². The Morgan fingerprint density at radius 3 is 2.95 bits per heavy atom. The lowest BCUT2D eigenvalue weighted by Crippen LogP contribution is -2.05. The molecule has 0 saturated carbocycles. The summed E-state index contributed by atoms with van der Waals surface area (Å²) in [5.74, 6) is 0.640. The van der Waals surface area contributed by atoms with Crippen LogP contribution in [0.1, 0.15) is 6.42 Å². The fraction of sp³-hybridized carbons (Fsp3) is 0.214. The van der Waals surface area contributed by atoms with Crippen molar-refractivity contribution < 1.29 is 19.0 Å². The first-order valence-electron chi connectivity index (χ1n) is 6.48. The molecule has 1 aliphatic rings. The van der Waals surface area contributed by atoms with Crippen LogP contribution in [0.4, 0.5) is 5.69 Å². The third-order valence-electron chi connectivity index (χ3n) is 2.82. The van der Waals surface area contributed by atoms with Crippen molar-refractivity contribution in [3.8, 4) is 5.75 Å². The van der Waals surface area contributed by atoms with Crippen LogP contribution in [0.15, 0.2) is 48.2 Å². The second kappa shape index (κ2) is 7.60. The zero-order chi connectivity index (χ0) is 15.1. The van der Waals surface area contributed by atoms with Gasteiger partial charge in [-0.05, 0) is 24.3 Å². The SMILES string of the molecule is [N-]=[N+]=C1C=CC(Nc2cccc(OCC[PH](=O)O)c2)=CC1. The van der Waals surface area contributed by atoms with E-state index in [9.17, 15) is 4.57 Å². The highest BCUT2D eigenvalue weighted by molar-refractivity contribution is 7.38. The maximum absolute atomic E-state index is 10.6. The van der Waals surface area contributed by atoms with E-state index in [1.54, 1.807) is 12.1 Å². The Kier molecular flexibility index (Phi) is 5.52. The van der Waals surface area contributed by atoms with Crippen molar-refractivity contribution in [2.24, 2.45) is 0 Å². The first-order valence-corrected chi connectivity index (χ1v) is 8.04. The van der Waals surface area contributed by atoms with Crippen LogP contribution in [0.25, 0.3) is 5.53 Å². The van der Waals surface area contributed by atoms with Gasteiger partial charge in [0.15, 0.2) is 8.03 Å². The maximum atomic E-state index is 10.6. The summed E-state index contributed by atoms with van der Waals surface area (Å²) in [4.78, 5) is 11.9. The van der Waals surface area contributed by atoms with Crippen molar-refractivity contribution in [2.75, 3.05) is 18.1 Å². The van der Waals surface area contributed by atoms with Crippen LogP contribution in [0, 0.1) is 0 Å². The number of ether oxygens (including phenoxy) is 1. The monoisotopic (exact) mass is 305 g/mol. The quantitative estimate of drug-likeness (QED) is 0.479. The number of rotatable bonds is 6. The van der Waals surface area contributed by atoms with E-state index in [0.29, 0.717) is 17.9 Å². The van der Waals surface area contributed by atoms with Gasteiger partial charge in [0.05, 0.1) is 19.2 Å². The highest BCUT2D eigenvalue weighted by atomic mass is 31.1. The summed E-state index contributed by atoms with van der Waals surface area (Å²) in [5.41, 5.74) is 11.0. The van der Waals surface area contributed by atoms with Crippen molar-refractivity contribution in [1.82, 2.24) is 0 Å². The minimum absolute atomic E-state index is 0.152. The van der Waals surface area contributed by atoms with Gasteiger partial charge in [0, 0.05) is 23.5 Å². The predicted molar refractivity (Wildman–Crippen MR) is 82.1 cm³/mol. The number of nitrogens with one attached hydrogen (secondary N) is 1. The number of hydrogen-bond acceptors (Lipinski definition) is 3. The van der Waals surface area contributed by atoms with Gasteiger partial charge in [-0.1, -0.05) is 6.07 Å². The minimum Gasteiger partial charge on any atom is -0.493 e. The van der Waals surface area contributed by atoms with Crippen molar-refractivity contribution in [1.29, 1.82) is 0 Å². The van der Waals surface area contributed by atoms with Gasteiger partial charge in [-0.3, -0.25) is 4.57 Å². The number of hydrogen-bond donors (Lipinski definition) is 2. The molecule has 110 valence electrons. The fourth-order valence-corrected chi connectivity index (χ4v) is 2.07. The molecule has 0 aromatic heterocycles.